The Labute approximate surface area is 173 Å². The van der Waals surface area contributed by atoms with Gasteiger partial charge < -0.3 is 5.32 Å². The first-order valence-electron chi connectivity index (χ1n) is 9.74. The standard InChI is InChI=1S/C22H20ClN5O/c23-18-11-16(27-14-25-19-5-1-2-7-21(19)27)9-8-15(18)12-24-22(29)17-13-26-28-10-4-3-6-20(17)28/h1-2,5,7-9,11,13-14H,3-4,6,10,12H2,(H,24,29). The molecule has 0 unspecified atom stereocenters. The number of amides is 1. The minimum Gasteiger partial charge on any atom is -0.348 e. The van der Waals surface area contributed by atoms with Crippen LogP contribution in [0.5, 0.6) is 0 Å². The zero-order valence-electron chi connectivity index (χ0n) is 15.8. The molecule has 0 aliphatic carbocycles. The smallest absolute Gasteiger partial charge is 0.255 e. The molecule has 0 spiro atoms. The Morgan fingerprint density at radius 2 is 2.07 bits per heavy atom. The molecule has 3 heterocycles. The highest BCUT2D eigenvalue weighted by molar-refractivity contribution is 6.31. The van der Waals surface area contributed by atoms with Crippen molar-refractivity contribution < 1.29 is 4.79 Å². The topological polar surface area (TPSA) is 64.7 Å². The van der Waals surface area contributed by atoms with E-state index in [-0.39, 0.29) is 5.91 Å². The summed E-state index contributed by atoms with van der Waals surface area (Å²) in [6.07, 6.45) is 6.58. The summed E-state index contributed by atoms with van der Waals surface area (Å²) in [6.45, 7) is 1.26. The van der Waals surface area contributed by atoms with Crippen LogP contribution in [-0.2, 0) is 19.5 Å². The number of nitrogens with one attached hydrogen (secondary N) is 1. The molecule has 1 amide bonds. The van der Waals surface area contributed by atoms with Crippen LogP contribution in [0.3, 0.4) is 0 Å². The van der Waals surface area contributed by atoms with Gasteiger partial charge in [-0.05, 0) is 49.1 Å². The van der Waals surface area contributed by atoms with Crippen LogP contribution in [0.1, 0.15) is 34.5 Å². The van der Waals surface area contributed by atoms with Crippen LogP contribution in [0.25, 0.3) is 16.7 Å². The van der Waals surface area contributed by atoms with Crippen molar-refractivity contribution >= 4 is 28.5 Å². The lowest BCUT2D eigenvalue weighted by atomic mass is 10.1. The largest absolute Gasteiger partial charge is 0.348 e. The van der Waals surface area contributed by atoms with Crippen LogP contribution in [0.2, 0.25) is 5.02 Å². The third-order valence-electron chi connectivity index (χ3n) is 5.43. The van der Waals surface area contributed by atoms with E-state index in [0.717, 1.165) is 53.8 Å². The minimum atomic E-state index is -0.103. The van der Waals surface area contributed by atoms with Gasteiger partial charge in [-0.25, -0.2) is 4.98 Å². The SMILES string of the molecule is O=C(NCc1ccc(-n2cnc3ccccc32)cc1Cl)c1cnn2c1CCCC2. The zero-order valence-corrected chi connectivity index (χ0v) is 16.6. The highest BCUT2D eigenvalue weighted by Gasteiger charge is 2.19. The van der Waals surface area contributed by atoms with Crippen molar-refractivity contribution in [1.29, 1.82) is 0 Å². The second kappa shape index (κ2) is 7.37. The van der Waals surface area contributed by atoms with Crippen molar-refractivity contribution in [3.63, 3.8) is 0 Å². The predicted molar refractivity (Wildman–Crippen MR) is 112 cm³/mol. The number of hydrogen-bond acceptors (Lipinski definition) is 3. The molecule has 0 saturated carbocycles. The second-order valence-corrected chi connectivity index (χ2v) is 7.65. The van der Waals surface area contributed by atoms with Gasteiger partial charge in [0.1, 0.15) is 6.33 Å². The van der Waals surface area contributed by atoms with Gasteiger partial charge in [0.15, 0.2) is 0 Å². The zero-order chi connectivity index (χ0) is 19.8. The van der Waals surface area contributed by atoms with E-state index in [1.807, 2.05) is 51.7 Å². The molecule has 4 aromatic rings. The normalized spacial score (nSPS) is 13.4. The number of hydrogen-bond donors (Lipinski definition) is 1. The Morgan fingerprint density at radius 1 is 1.17 bits per heavy atom. The lowest BCUT2D eigenvalue weighted by Crippen LogP contribution is -2.24. The Bertz CT molecular complexity index is 1210. The number of fused-ring (bicyclic) bond motifs is 2. The molecule has 0 bridgehead atoms. The molecule has 0 saturated heterocycles. The summed E-state index contributed by atoms with van der Waals surface area (Å²) in [4.78, 5) is 17.1. The van der Waals surface area contributed by atoms with Gasteiger partial charge in [-0.15, -0.1) is 0 Å². The van der Waals surface area contributed by atoms with E-state index < -0.39 is 0 Å². The van der Waals surface area contributed by atoms with E-state index in [1.165, 1.54) is 0 Å². The van der Waals surface area contributed by atoms with Crippen LogP contribution in [0, 0.1) is 0 Å². The predicted octanol–water partition coefficient (Wildman–Crippen LogP) is 4.14. The first-order chi connectivity index (χ1) is 14.2. The number of benzene rings is 2. The summed E-state index contributed by atoms with van der Waals surface area (Å²) < 4.78 is 3.94. The van der Waals surface area contributed by atoms with Crippen molar-refractivity contribution in [2.24, 2.45) is 0 Å². The van der Waals surface area contributed by atoms with Crippen molar-refractivity contribution in [2.45, 2.75) is 32.4 Å². The van der Waals surface area contributed by atoms with Crippen molar-refractivity contribution in [1.82, 2.24) is 24.6 Å². The first kappa shape index (κ1) is 17.9. The van der Waals surface area contributed by atoms with E-state index >= 15 is 0 Å². The molecule has 6 nitrogen and oxygen atoms in total. The third kappa shape index (κ3) is 3.29. The summed E-state index contributed by atoms with van der Waals surface area (Å²) in [5.41, 5.74) is 5.46. The van der Waals surface area contributed by atoms with Crippen LogP contribution in [0.4, 0.5) is 0 Å². The molecule has 1 aliphatic rings. The Kier molecular flexibility index (Phi) is 4.56. The molecule has 2 aromatic carbocycles. The molecular weight excluding hydrogens is 386 g/mol. The quantitative estimate of drug-likeness (QED) is 0.555. The lowest BCUT2D eigenvalue weighted by Gasteiger charge is -2.14. The van der Waals surface area contributed by atoms with Gasteiger partial charge in [0.2, 0.25) is 0 Å². The number of carbonyl (C=O) groups is 1. The molecule has 2 aromatic heterocycles. The van der Waals surface area contributed by atoms with Crippen molar-refractivity contribution in [2.75, 3.05) is 0 Å². The van der Waals surface area contributed by atoms with Crippen LogP contribution in [-0.4, -0.2) is 25.2 Å². The molecule has 5 rings (SSSR count). The number of aromatic nitrogens is 4. The Balaban J connectivity index is 1.33. The summed E-state index contributed by atoms with van der Waals surface area (Å²) in [5.74, 6) is -0.103. The van der Waals surface area contributed by atoms with E-state index in [2.05, 4.69) is 15.4 Å². The van der Waals surface area contributed by atoms with Gasteiger partial charge in [0, 0.05) is 23.8 Å². The van der Waals surface area contributed by atoms with Crippen molar-refractivity contribution in [3.8, 4) is 5.69 Å². The van der Waals surface area contributed by atoms with Crippen LogP contribution in [0.15, 0.2) is 55.0 Å². The lowest BCUT2D eigenvalue weighted by molar-refractivity contribution is 0.0949. The van der Waals surface area contributed by atoms with E-state index in [4.69, 9.17) is 11.6 Å². The molecule has 0 fully saturated rings. The molecule has 1 aliphatic heterocycles. The van der Waals surface area contributed by atoms with Gasteiger partial charge in [-0.2, -0.15) is 5.10 Å². The summed E-state index contributed by atoms with van der Waals surface area (Å²) in [7, 11) is 0. The molecule has 0 atom stereocenters. The molecule has 0 radical (unpaired) electrons. The second-order valence-electron chi connectivity index (χ2n) is 7.25. The fourth-order valence-corrected chi connectivity index (χ4v) is 4.12. The number of nitrogens with zero attached hydrogens (tertiary/aromatic N) is 4. The molecule has 146 valence electrons. The maximum atomic E-state index is 12.6. The van der Waals surface area contributed by atoms with Crippen molar-refractivity contribution in [3.05, 3.63) is 76.8 Å². The number of halogens is 1. The number of imidazole rings is 1. The van der Waals surface area contributed by atoms with Gasteiger partial charge in [0.05, 0.1) is 28.5 Å². The molecule has 7 heteroatoms. The molecule has 29 heavy (non-hydrogen) atoms. The maximum absolute atomic E-state index is 12.6. The van der Waals surface area contributed by atoms with Gasteiger partial charge >= 0.3 is 0 Å². The summed E-state index contributed by atoms with van der Waals surface area (Å²) >= 11 is 6.52. The first-order valence-corrected chi connectivity index (χ1v) is 10.1. The minimum absolute atomic E-state index is 0.103. The molecule has 1 N–H and O–H groups in total. The number of rotatable bonds is 4. The van der Waals surface area contributed by atoms with Gasteiger partial charge in [-0.1, -0.05) is 29.8 Å². The van der Waals surface area contributed by atoms with E-state index in [1.54, 1.807) is 12.5 Å². The molecular formula is C22H20ClN5O. The summed E-state index contributed by atoms with van der Waals surface area (Å²) in [5, 5.41) is 7.93. The maximum Gasteiger partial charge on any atom is 0.255 e. The average Bonchev–Trinajstić information content (AvgIpc) is 3.37. The van der Waals surface area contributed by atoms with Gasteiger partial charge in [0.25, 0.3) is 5.91 Å². The number of para-hydroxylation sites is 2. The Morgan fingerprint density at radius 3 is 2.97 bits per heavy atom. The van der Waals surface area contributed by atoms with E-state index in [0.29, 0.717) is 17.1 Å². The highest BCUT2D eigenvalue weighted by Crippen LogP contribution is 2.24. The summed E-state index contributed by atoms with van der Waals surface area (Å²) in [6, 6.07) is 13.8. The van der Waals surface area contributed by atoms with Gasteiger partial charge in [-0.3, -0.25) is 14.0 Å². The number of carbonyl (C=O) groups excluding carboxylic acids is 1. The average molecular weight is 406 g/mol. The van der Waals surface area contributed by atoms with E-state index in [9.17, 15) is 4.79 Å². The highest BCUT2D eigenvalue weighted by atomic mass is 35.5. The monoisotopic (exact) mass is 405 g/mol. The Hall–Kier alpha value is -3.12. The fraction of sp³-hybridized carbons (Fsp3) is 0.227. The van der Waals surface area contributed by atoms with Crippen LogP contribution >= 0.6 is 11.6 Å². The third-order valence-corrected chi connectivity index (χ3v) is 5.79. The fourth-order valence-electron chi connectivity index (χ4n) is 3.88. The number of aryl methyl sites for hydroxylation is 1. The van der Waals surface area contributed by atoms with Crippen LogP contribution < -0.4 is 5.32 Å².